The van der Waals surface area contributed by atoms with E-state index >= 15 is 0 Å². The number of nitrogens with one attached hydrogen (secondary N) is 2. The summed E-state index contributed by atoms with van der Waals surface area (Å²) in [5, 5.41) is 5.72. The number of para-hydroxylation sites is 1. The Bertz CT molecular complexity index is 1010. The lowest BCUT2D eigenvalue weighted by Crippen LogP contribution is -2.15. The topological polar surface area (TPSA) is 67.4 Å². The molecule has 0 bridgehead atoms. The summed E-state index contributed by atoms with van der Waals surface area (Å²) in [7, 11) is 0. The lowest BCUT2D eigenvalue weighted by atomic mass is 10.1. The Kier molecular flexibility index (Phi) is 6.63. The molecule has 0 heterocycles. The zero-order valence-corrected chi connectivity index (χ0v) is 16.6. The first kappa shape index (κ1) is 20.1. The summed E-state index contributed by atoms with van der Waals surface area (Å²) in [6.07, 6.45) is 0.855. The van der Waals surface area contributed by atoms with Gasteiger partial charge in [-0.05, 0) is 61.4 Å². The van der Waals surface area contributed by atoms with Crippen molar-refractivity contribution < 1.29 is 14.3 Å². The molecule has 0 radical (unpaired) electrons. The van der Waals surface area contributed by atoms with Gasteiger partial charge in [0.25, 0.3) is 11.8 Å². The van der Waals surface area contributed by atoms with Gasteiger partial charge in [-0.25, -0.2) is 0 Å². The molecule has 3 aromatic carbocycles. The van der Waals surface area contributed by atoms with Crippen LogP contribution in [0, 0.1) is 6.92 Å². The van der Waals surface area contributed by atoms with E-state index in [2.05, 4.69) is 10.6 Å². The number of carbonyl (C=O) groups excluding carboxylic acids is 2. The molecule has 5 nitrogen and oxygen atoms in total. The van der Waals surface area contributed by atoms with E-state index < -0.39 is 0 Å². The van der Waals surface area contributed by atoms with Crippen molar-refractivity contribution in [2.45, 2.75) is 20.3 Å². The smallest absolute Gasteiger partial charge is 0.259 e. The molecule has 148 valence electrons. The van der Waals surface area contributed by atoms with Crippen LogP contribution in [0.1, 0.15) is 39.6 Å². The van der Waals surface area contributed by atoms with Crippen LogP contribution in [0.15, 0.2) is 72.8 Å². The van der Waals surface area contributed by atoms with Crippen LogP contribution in [-0.2, 0) is 0 Å². The Labute approximate surface area is 170 Å². The van der Waals surface area contributed by atoms with Crippen LogP contribution in [-0.4, -0.2) is 18.4 Å². The Morgan fingerprint density at radius 2 is 1.52 bits per heavy atom. The van der Waals surface area contributed by atoms with Gasteiger partial charge in [-0.15, -0.1) is 0 Å². The standard InChI is InChI=1S/C24H24N2O3/c1-3-14-29-22-13-5-4-12-21(22)24(28)26-20-11-7-9-18(16-20)23(27)25-19-10-6-8-17(2)15-19/h4-13,15-16H,3,14H2,1-2H3,(H,25,27)(H,26,28). The second-order valence-corrected chi connectivity index (χ2v) is 6.70. The number of anilines is 2. The number of carbonyl (C=O) groups is 2. The van der Waals surface area contributed by atoms with E-state index in [1.54, 1.807) is 42.5 Å². The predicted molar refractivity (Wildman–Crippen MR) is 116 cm³/mol. The first-order valence-corrected chi connectivity index (χ1v) is 9.58. The van der Waals surface area contributed by atoms with Gasteiger partial charge in [0, 0.05) is 16.9 Å². The van der Waals surface area contributed by atoms with Gasteiger partial charge < -0.3 is 15.4 Å². The maximum absolute atomic E-state index is 12.7. The van der Waals surface area contributed by atoms with E-state index in [0.29, 0.717) is 29.2 Å². The third-order valence-electron chi connectivity index (χ3n) is 4.25. The van der Waals surface area contributed by atoms with E-state index in [1.165, 1.54) is 0 Å². The highest BCUT2D eigenvalue weighted by molar-refractivity contribution is 6.08. The van der Waals surface area contributed by atoms with Crippen molar-refractivity contribution in [1.29, 1.82) is 0 Å². The van der Waals surface area contributed by atoms with Crippen LogP contribution in [0.3, 0.4) is 0 Å². The molecule has 5 heteroatoms. The van der Waals surface area contributed by atoms with Crippen LogP contribution in [0.2, 0.25) is 0 Å². The number of hydrogen-bond donors (Lipinski definition) is 2. The first-order chi connectivity index (χ1) is 14.1. The highest BCUT2D eigenvalue weighted by atomic mass is 16.5. The highest BCUT2D eigenvalue weighted by Crippen LogP contribution is 2.21. The Morgan fingerprint density at radius 3 is 2.28 bits per heavy atom. The molecule has 2 N–H and O–H groups in total. The largest absolute Gasteiger partial charge is 0.493 e. The van der Waals surface area contributed by atoms with Gasteiger partial charge in [-0.1, -0.05) is 37.3 Å². The van der Waals surface area contributed by atoms with Crippen LogP contribution in [0.25, 0.3) is 0 Å². The van der Waals surface area contributed by atoms with Gasteiger partial charge in [-0.2, -0.15) is 0 Å². The minimum Gasteiger partial charge on any atom is -0.493 e. The fraction of sp³-hybridized carbons (Fsp3) is 0.167. The van der Waals surface area contributed by atoms with Crippen LogP contribution >= 0.6 is 0 Å². The van der Waals surface area contributed by atoms with E-state index in [-0.39, 0.29) is 11.8 Å². The Hall–Kier alpha value is -3.60. The van der Waals surface area contributed by atoms with Gasteiger partial charge in [0.1, 0.15) is 5.75 Å². The monoisotopic (exact) mass is 388 g/mol. The molecule has 3 rings (SSSR count). The summed E-state index contributed by atoms with van der Waals surface area (Å²) in [6.45, 7) is 4.52. The molecule has 0 atom stereocenters. The van der Waals surface area contributed by atoms with Crippen LogP contribution in [0.5, 0.6) is 5.75 Å². The van der Waals surface area contributed by atoms with Gasteiger partial charge >= 0.3 is 0 Å². The quantitative estimate of drug-likeness (QED) is 0.578. The molecule has 0 saturated carbocycles. The fourth-order valence-electron chi connectivity index (χ4n) is 2.85. The molecular formula is C24H24N2O3. The van der Waals surface area contributed by atoms with Crippen molar-refractivity contribution in [1.82, 2.24) is 0 Å². The average molecular weight is 388 g/mol. The number of ether oxygens (including phenoxy) is 1. The van der Waals surface area contributed by atoms with Crippen molar-refractivity contribution in [2.24, 2.45) is 0 Å². The normalized spacial score (nSPS) is 10.3. The van der Waals surface area contributed by atoms with Gasteiger partial charge in [-0.3, -0.25) is 9.59 Å². The molecule has 0 aliphatic rings. The van der Waals surface area contributed by atoms with Gasteiger partial charge in [0.2, 0.25) is 0 Å². The molecule has 0 aliphatic carbocycles. The zero-order valence-electron chi connectivity index (χ0n) is 16.6. The summed E-state index contributed by atoms with van der Waals surface area (Å²) in [4.78, 5) is 25.3. The lowest BCUT2D eigenvalue weighted by molar-refractivity contribution is 0.101. The number of aryl methyl sites for hydroxylation is 1. The molecule has 29 heavy (non-hydrogen) atoms. The third-order valence-corrected chi connectivity index (χ3v) is 4.25. The van der Waals surface area contributed by atoms with E-state index in [0.717, 1.165) is 17.7 Å². The third kappa shape index (κ3) is 5.45. The van der Waals surface area contributed by atoms with Gasteiger partial charge in [0.15, 0.2) is 0 Å². The van der Waals surface area contributed by atoms with Gasteiger partial charge in [0.05, 0.1) is 12.2 Å². The van der Waals surface area contributed by atoms with Crippen molar-refractivity contribution in [3.8, 4) is 5.75 Å². The first-order valence-electron chi connectivity index (χ1n) is 9.58. The highest BCUT2D eigenvalue weighted by Gasteiger charge is 2.13. The summed E-state index contributed by atoms with van der Waals surface area (Å²) < 4.78 is 5.66. The number of rotatable bonds is 7. The zero-order chi connectivity index (χ0) is 20.6. The Balaban J connectivity index is 1.73. The molecule has 3 aromatic rings. The lowest BCUT2D eigenvalue weighted by Gasteiger charge is -2.12. The van der Waals surface area contributed by atoms with Crippen molar-refractivity contribution in [3.63, 3.8) is 0 Å². The second kappa shape index (κ2) is 9.55. The minimum atomic E-state index is -0.284. The SMILES string of the molecule is CCCOc1ccccc1C(=O)Nc1cccc(C(=O)Nc2cccc(C)c2)c1. The van der Waals surface area contributed by atoms with Crippen molar-refractivity contribution >= 4 is 23.2 Å². The number of amides is 2. The molecular weight excluding hydrogens is 364 g/mol. The van der Waals surface area contributed by atoms with Crippen molar-refractivity contribution in [3.05, 3.63) is 89.5 Å². The van der Waals surface area contributed by atoms with Crippen molar-refractivity contribution in [2.75, 3.05) is 17.2 Å². The predicted octanol–water partition coefficient (Wildman–Crippen LogP) is 5.29. The van der Waals surface area contributed by atoms with Crippen LogP contribution in [0.4, 0.5) is 11.4 Å². The van der Waals surface area contributed by atoms with E-state index in [4.69, 9.17) is 4.74 Å². The molecule has 2 amide bonds. The maximum atomic E-state index is 12.7. The van der Waals surface area contributed by atoms with Crippen LogP contribution < -0.4 is 15.4 Å². The second-order valence-electron chi connectivity index (χ2n) is 6.70. The van der Waals surface area contributed by atoms with E-state index in [1.807, 2.05) is 44.2 Å². The number of hydrogen-bond acceptors (Lipinski definition) is 3. The molecule has 0 spiro atoms. The fourth-order valence-corrected chi connectivity index (χ4v) is 2.85. The summed E-state index contributed by atoms with van der Waals surface area (Å²) >= 11 is 0. The summed E-state index contributed by atoms with van der Waals surface area (Å²) in [5.41, 5.74) is 3.24. The average Bonchev–Trinajstić information content (AvgIpc) is 2.72. The van der Waals surface area contributed by atoms with E-state index in [9.17, 15) is 9.59 Å². The number of benzene rings is 3. The summed E-state index contributed by atoms with van der Waals surface area (Å²) in [6, 6.07) is 21.5. The molecule has 0 aromatic heterocycles. The summed E-state index contributed by atoms with van der Waals surface area (Å²) in [5.74, 6) is 0.0199. The molecule has 0 fully saturated rings. The maximum Gasteiger partial charge on any atom is 0.259 e. The molecule has 0 aliphatic heterocycles. The molecule has 0 saturated heterocycles. The minimum absolute atomic E-state index is 0.238. The Morgan fingerprint density at radius 1 is 0.828 bits per heavy atom. The molecule has 0 unspecified atom stereocenters.